The molecule has 1 aliphatic rings. The van der Waals surface area contributed by atoms with Crippen LogP contribution in [0.2, 0.25) is 0 Å². The number of hydrogen-bond donors (Lipinski definition) is 0. The van der Waals surface area contributed by atoms with Crippen LogP contribution in [0.4, 0.5) is 0 Å². The normalized spacial score (nSPS) is 19.7. The molecular formula is C72H51N5Si. The first kappa shape index (κ1) is 21.3. The van der Waals surface area contributed by atoms with Crippen molar-refractivity contribution in [3.8, 4) is 56.7 Å². The van der Waals surface area contributed by atoms with Crippen molar-refractivity contribution < 1.29 is 52.1 Å². The van der Waals surface area contributed by atoms with Crippen molar-refractivity contribution in [2.75, 3.05) is 0 Å². The first-order valence-electron chi connectivity index (χ1n) is 42.7. The van der Waals surface area contributed by atoms with Gasteiger partial charge in [-0.15, -0.1) is 0 Å². The molecule has 0 saturated heterocycles. The van der Waals surface area contributed by atoms with E-state index in [2.05, 4.69) is 15.0 Å². The minimum atomic E-state index is -6.82. The molecule has 0 saturated carbocycles. The van der Waals surface area contributed by atoms with Crippen molar-refractivity contribution in [3.63, 3.8) is 0 Å². The summed E-state index contributed by atoms with van der Waals surface area (Å²) in [5.74, 6) is -3.79. The molecule has 0 bridgehead atoms. The SMILES string of the molecule is [2H]c1c([2H])c([2H])c([Si](c2c([2H])c([2H])c([2H])c([2H])c2[2H])(c2c([2H])c([2H])c([2H])c(-c3ccc4c(c3)C(C)(C)c3ccccc3-4)c2[2H])c2c([2H])c([2H])c([2H])c(-c3nc(-c4c([2H])c([2H])c([2H])c([2H])c4-n4c5c([2H])c([2H])c([2H])c([2H])c5c5c([2H])c([2H])c([2H])c([2H])c54)nc(-n4c5c([2H])c([2H])c([2H])c([2H])c5c5c([2H])c([2H])c([2H])c([2H])c54)n3)c2[2H])c([2H])c1[2H]. The molecule has 0 fully saturated rings. The predicted octanol–water partition coefficient (Wildman–Crippen LogP) is 14.8. The molecule has 0 radical (unpaired) electrons. The Hall–Kier alpha value is -9.75. The van der Waals surface area contributed by atoms with Gasteiger partial charge in [-0.3, -0.25) is 4.57 Å². The van der Waals surface area contributed by atoms with Gasteiger partial charge in [-0.05, 0) is 96.4 Å². The topological polar surface area (TPSA) is 48.5 Å². The lowest BCUT2D eigenvalue weighted by Gasteiger charge is -2.35. The van der Waals surface area contributed by atoms with Crippen molar-refractivity contribution in [2.45, 2.75) is 19.3 Å². The number of aromatic nitrogens is 5. The first-order valence-corrected chi connectivity index (χ1v) is 25.7. The Balaban J connectivity index is 1.21. The monoisotopic (exact) mass is 1050 g/mol. The first-order chi connectivity index (χ1) is 54.2. The van der Waals surface area contributed by atoms with Gasteiger partial charge in [0.25, 0.3) is 0 Å². The van der Waals surface area contributed by atoms with Crippen LogP contribution in [0.15, 0.2) is 272 Å². The molecule has 0 amide bonds. The zero-order chi connectivity index (χ0) is 85.0. The lowest BCUT2D eigenvalue weighted by Crippen LogP contribution is -2.74. The van der Waals surface area contributed by atoms with E-state index in [1.54, 1.807) is 24.3 Å². The Bertz CT molecular complexity index is 6710. The van der Waals surface area contributed by atoms with E-state index in [1.807, 2.05) is 26.0 Å². The summed E-state index contributed by atoms with van der Waals surface area (Å²) < 4.78 is 364. The molecule has 6 heteroatoms. The molecule has 14 aromatic rings. The van der Waals surface area contributed by atoms with E-state index in [0.717, 1.165) is 11.1 Å². The van der Waals surface area contributed by atoms with Crippen molar-refractivity contribution >= 4 is 72.4 Å². The molecule has 15 rings (SSSR count). The van der Waals surface area contributed by atoms with Crippen molar-refractivity contribution in [3.05, 3.63) is 283 Å². The second-order valence-corrected chi connectivity index (χ2v) is 21.8. The lowest BCUT2D eigenvalue weighted by atomic mass is 9.81. The molecule has 11 aromatic carbocycles. The van der Waals surface area contributed by atoms with E-state index in [9.17, 15) is 38.4 Å². The summed E-state index contributed by atoms with van der Waals surface area (Å²) in [6.45, 7) is 3.74. The minimum Gasteiger partial charge on any atom is -0.309 e. The van der Waals surface area contributed by atoms with Crippen LogP contribution in [0, 0.1) is 0 Å². The van der Waals surface area contributed by atoms with Crippen molar-refractivity contribution in [1.29, 1.82) is 0 Å². The third-order valence-corrected chi connectivity index (χ3v) is 17.8. The summed E-state index contributed by atoms with van der Waals surface area (Å²) in [5.41, 5.74) is -5.40. The van der Waals surface area contributed by atoms with Crippen LogP contribution in [0.5, 0.6) is 0 Å². The van der Waals surface area contributed by atoms with Gasteiger partial charge in [0.05, 0.1) is 79.8 Å². The second kappa shape index (κ2) is 17.9. The van der Waals surface area contributed by atoms with E-state index >= 15 is 0 Å². The van der Waals surface area contributed by atoms with Gasteiger partial charge in [0.1, 0.15) is 0 Å². The molecule has 1 aliphatic carbocycles. The fourth-order valence-corrected chi connectivity index (χ4v) is 14.0. The summed E-state index contributed by atoms with van der Waals surface area (Å²) in [5, 5.41) is -7.63. The van der Waals surface area contributed by atoms with Gasteiger partial charge < -0.3 is 4.57 Å². The number of para-hydroxylation sites is 5. The second-order valence-electron chi connectivity index (χ2n) is 18.3. The highest BCUT2D eigenvalue weighted by molar-refractivity contribution is 7.20. The van der Waals surface area contributed by atoms with Gasteiger partial charge in [-0.1, -0.05) is 244 Å². The summed E-state index contributed by atoms with van der Waals surface area (Å²) in [4.78, 5) is 14.0. The largest absolute Gasteiger partial charge is 0.309 e. The average molecular weight is 1050 g/mol. The molecule has 0 aliphatic heterocycles. The molecule has 0 atom stereocenters. The zero-order valence-electron chi connectivity index (χ0n) is 78.3. The number of fused-ring (bicyclic) bond motifs is 9. The van der Waals surface area contributed by atoms with Crippen molar-refractivity contribution in [2.24, 2.45) is 0 Å². The van der Waals surface area contributed by atoms with E-state index in [4.69, 9.17) is 13.7 Å². The molecule has 3 aromatic heterocycles. The third kappa shape index (κ3) is 6.96. The highest BCUT2D eigenvalue weighted by Gasteiger charge is 2.42. The Labute approximate surface area is 507 Å². The molecule has 368 valence electrons. The van der Waals surface area contributed by atoms with E-state index < -0.39 is 347 Å². The molecule has 5 nitrogen and oxygen atoms in total. The maximum atomic E-state index is 11.1. The van der Waals surface area contributed by atoms with Gasteiger partial charge in [0.15, 0.2) is 19.7 Å². The summed E-state index contributed by atoms with van der Waals surface area (Å²) in [6, 6.07) is -32.3. The van der Waals surface area contributed by atoms with Gasteiger partial charge in [0, 0.05) is 38.1 Å². The van der Waals surface area contributed by atoms with Gasteiger partial charge >= 0.3 is 0 Å². The Kier molecular flexibility index (Phi) is 4.91. The maximum Gasteiger partial charge on any atom is 0.238 e. The van der Waals surface area contributed by atoms with Crippen molar-refractivity contribution in [1.82, 2.24) is 24.1 Å². The molecule has 78 heavy (non-hydrogen) atoms. The highest BCUT2D eigenvalue weighted by Crippen LogP contribution is 2.49. The zero-order valence-corrected chi connectivity index (χ0v) is 41.3. The third-order valence-electron chi connectivity index (χ3n) is 13.8. The maximum absolute atomic E-state index is 11.1. The van der Waals surface area contributed by atoms with Gasteiger partial charge in [-0.2, -0.15) is 9.97 Å². The van der Waals surface area contributed by atoms with Crippen LogP contribution in [0.3, 0.4) is 0 Å². The Morgan fingerprint density at radius 2 is 0.846 bits per heavy atom. The number of benzene rings is 11. The lowest BCUT2D eigenvalue weighted by molar-refractivity contribution is 0.660. The van der Waals surface area contributed by atoms with Crippen LogP contribution in [0.25, 0.3) is 100 Å². The summed E-state index contributed by atoms with van der Waals surface area (Å²) in [7, 11) is -6.82. The number of nitrogens with zero attached hydrogens (tertiary/aromatic N) is 5. The average Bonchev–Trinajstić information content (AvgIpc) is 0.985. The number of rotatable bonds is 9. The number of hydrogen-bond acceptors (Lipinski definition) is 3. The standard InChI is InChI=1S/C72H51N5Si/c1-72(2)62-37-15-9-31-55(62)56-44-43-49(47-63(56)72)48-23-21-29-53(45-48)78(51-25-5-3-6-26-51,52-27-7-4-8-28-52)54-30-22-24-50(46-54)69-73-70(75-71(74-69)77-66-40-18-12-34-59(66)60-35-13-19-41-67(60)77)61-36-14-20-42-68(61)76-64-38-16-10-32-57(64)58-33-11-17-39-65(58)76/h3-47H,1-2H3/i3D,4D,5D,6D,7D,8D,10D,11D,12D,13D,14D,16D,17D,18D,19D,20D,21D,22D,23D,24D,25D,26D,27D,28D,29D,30D,32D,33D,34D,35D,36D,38D,39D,40D,41D,42D,45D,46D. The quantitative estimate of drug-likeness (QED) is 0.107. The highest BCUT2D eigenvalue weighted by atomic mass is 28.3. The molecular weight excluding hydrogens is 963 g/mol. The van der Waals surface area contributed by atoms with Crippen LogP contribution >= 0.6 is 0 Å². The minimum absolute atomic E-state index is 0.0788. The van der Waals surface area contributed by atoms with Gasteiger partial charge in [0.2, 0.25) is 5.95 Å². The van der Waals surface area contributed by atoms with E-state index in [0.29, 0.717) is 20.3 Å². The molecule has 0 unspecified atom stereocenters. The molecule has 0 spiro atoms. The predicted molar refractivity (Wildman–Crippen MR) is 326 cm³/mol. The van der Waals surface area contributed by atoms with E-state index in [-0.39, 0.29) is 5.56 Å². The van der Waals surface area contributed by atoms with Gasteiger partial charge in [-0.25, -0.2) is 4.98 Å². The Morgan fingerprint density at radius 3 is 1.46 bits per heavy atom. The molecule has 3 heterocycles. The fourth-order valence-electron chi connectivity index (χ4n) is 10.4. The molecule has 0 N–H and O–H groups in total. The van der Waals surface area contributed by atoms with Crippen LogP contribution in [0.1, 0.15) is 77.1 Å². The van der Waals surface area contributed by atoms with Crippen LogP contribution in [-0.2, 0) is 5.41 Å². The Morgan fingerprint density at radius 1 is 0.372 bits per heavy atom. The summed E-state index contributed by atoms with van der Waals surface area (Å²) in [6.07, 6.45) is 0. The van der Waals surface area contributed by atoms with Crippen LogP contribution < -0.4 is 20.7 Å². The smallest absolute Gasteiger partial charge is 0.238 e. The summed E-state index contributed by atoms with van der Waals surface area (Å²) >= 11 is 0. The van der Waals surface area contributed by atoms with E-state index in [1.165, 1.54) is 6.07 Å². The van der Waals surface area contributed by atoms with Crippen LogP contribution in [-0.4, -0.2) is 32.2 Å². The fraction of sp³-hybridized carbons (Fsp3) is 0.0417.